The molecule has 5 rings (SSSR count). The van der Waals surface area contributed by atoms with Crippen LogP contribution in [0.3, 0.4) is 0 Å². The first-order chi connectivity index (χ1) is 14.5. The molecular formula is C23H22N6O. The van der Waals surface area contributed by atoms with Gasteiger partial charge in [-0.25, -0.2) is 9.97 Å². The van der Waals surface area contributed by atoms with Gasteiger partial charge in [0.15, 0.2) is 0 Å². The summed E-state index contributed by atoms with van der Waals surface area (Å²) in [5.41, 5.74) is 11.9. The van der Waals surface area contributed by atoms with Gasteiger partial charge in [0, 0.05) is 52.9 Å². The molecule has 0 saturated carbocycles. The molecule has 4 N–H and O–H groups in total. The third-order valence-corrected chi connectivity index (χ3v) is 5.68. The Bertz CT molecular complexity index is 1350. The predicted octanol–water partition coefficient (Wildman–Crippen LogP) is 3.37. The van der Waals surface area contributed by atoms with Crippen molar-refractivity contribution in [3.05, 3.63) is 66.2 Å². The SMILES string of the molecule is Cc1c2c3cc(NC(=O)[C@H](N)Cc4cnc[nH]4)ccc3nc-2n(C)c2ccccc12. The molecule has 2 aromatic carbocycles. The van der Waals surface area contributed by atoms with Crippen LogP contribution in [0.4, 0.5) is 5.69 Å². The van der Waals surface area contributed by atoms with Gasteiger partial charge in [-0.15, -0.1) is 0 Å². The summed E-state index contributed by atoms with van der Waals surface area (Å²) in [6, 6.07) is 13.4. The Kier molecular flexibility index (Phi) is 4.25. The molecule has 0 bridgehead atoms. The highest BCUT2D eigenvalue weighted by Gasteiger charge is 2.21. The molecule has 3 heterocycles. The number of nitrogens with one attached hydrogen (secondary N) is 2. The lowest BCUT2D eigenvalue weighted by atomic mass is 10.00. The number of hydrogen-bond donors (Lipinski definition) is 3. The Morgan fingerprint density at radius 2 is 2.07 bits per heavy atom. The second kappa shape index (κ2) is 6.96. The zero-order valence-corrected chi connectivity index (χ0v) is 16.8. The fourth-order valence-corrected chi connectivity index (χ4v) is 4.11. The Morgan fingerprint density at radius 3 is 2.87 bits per heavy atom. The van der Waals surface area contributed by atoms with E-state index in [1.807, 2.05) is 37.4 Å². The van der Waals surface area contributed by atoms with Gasteiger partial charge in [-0.3, -0.25) is 4.79 Å². The van der Waals surface area contributed by atoms with Crippen LogP contribution in [0.25, 0.3) is 33.2 Å². The van der Waals surface area contributed by atoms with Gasteiger partial charge in [0.2, 0.25) is 5.91 Å². The monoisotopic (exact) mass is 398 g/mol. The van der Waals surface area contributed by atoms with Crippen LogP contribution in [0.2, 0.25) is 0 Å². The first-order valence-electron chi connectivity index (χ1n) is 9.84. The van der Waals surface area contributed by atoms with Crippen molar-refractivity contribution in [2.24, 2.45) is 12.8 Å². The number of H-pyrrole nitrogens is 1. The van der Waals surface area contributed by atoms with Crippen molar-refractivity contribution < 1.29 is 4.79 Å². The minimum atomic E-state index is -0.667. The van der Waals surface area contributed by atoms with Crippen molar-refractivity contribution in [3.63, 3.8) is 0 Å². The molecule has 0 spiro atoms. The molecule has 7 nitrogen and oxygen atoms in total. The minimum absolute atomic E-state index is 0.236. The molecule has 7 heteroatoms. The van der Waals surface area contributed by atoms with Gasteiger partial charge in [-0.05, 0) is 36.8 Å². The Hall–Kier alpha value is -3.71. The summed E-state index contributed by atoms with van der Waals surface area (Å²) in [7, 11) is 2.03. The standard InChI is InChI=1S/C23H22N6O/c1-13-16-5-3-4-6-20(16)29(2)22-21(13)17-9-14(7-8-19(17)28-22)27-23(30)18(24)10-15-11-25-12-26-15/h3-9,11-12,18H,10,24H2,1-2H3,(H,25,26)(H,27,30)/t18-/m1/s1. The van der Waals surface area contributed by atoms with Crippen molar-refractivity contribution >= 4 is 33.4 Å². The van der Waals surface area contributed by atoms with E-state index in [0.29, 0.717) is 12.1 Å². The third-order valence-electron chi connectivity index (χ3n) is 5.68. The number of aromatic amines is 1. The van der Waals surface area contributed by atoms with Crippen LogP contribution in [0, 0.1) is 6.92 Å². The van der Waals surface area contributed by atoms with Gasteiger partial charge in [0.25, 0.3) is 0 Å². The number of benzene rings is 2. The zero-order chi connectivity index (χ0) is 20.8. The van der Waals surface area contributed by atoms with Crippen LogP contribution in [0.15, 0.2) is 55.0 Å². The van der Waals surface area contributed by atoms with Gasteiger partial charge in [0.05, 0.1) is 17.9 Å². The average Bonchev–Trinajstić information content (AvgIpc) is 3.39. The maximum Gasteiger partial charge on any atom is 0.241 e. The summed E-state index contributed by atoms with van der Waals surface area (Å²) in [4.78, 5) is 24.4. The van der Waals surface area contributed by atoms with E-state index >= 15 is 0 Å². The number of amides is 1. The summed E-state index contributed by atoms with van der Waals surface area (Å²) >= 11 is 0. The van der Waals surface area contributed by atoms with E-state index in [9.17, 15) is 4.79 Å². The molecule has 30 heavy (non-hydrogen) atoms. The molecule has 0 radical (unpaired) electrons. The predicted molar refractivity (Wildman–Crippen MR) is 118 cm³/mol. The van der Waals surface area contributed by atoms with E-state index in [0.717, 1.165) is 33.5 Å². The highest BCUT2D eigenvalue weighted by Crippen LogP contribution is 2.38. The van der Waals surface area contributed by atoms with E-state index < -0.39 is 6.04 Å². The lowest BCUT2D eigenvalue weighted by Gasteiger charge is -2.15. The van der Waals surface area contributed by atoms with E-state index in [1.165, 1.54) is 10.9 Å². The highest BCUT2D eigenvalue weighted by atomic mass is 16.2. The molecule has 3 aromatic rings. The highest BCUT2D eigenvalue weighted by molar-refractivity contribution is 6.06. The number of rotatable bonds is 4. The summed E-state index contributed by atoms with van der Waals surface area (Å²) in [6.07, 6.45) is 3.65. The number of aromatic nitrogens is 4. The van der Waals surface area contributed by atoms with Crippen LogP contribution < -0.4 is 11.1 Å². The molecule has 2 aliphatic rings. The molecule has 0 fully saturated rings. The van der Waals surface area contributed by atoms with E-state index in [4.69, 9.17) is 10.7 Å². The number of imidazole rings is 1. The van der Waals surface area contributed by atoms with Gasteiger partial charge in [-0.2, -0.15) is 0 Å². The van der Waals surface area contributed by atoms with Crippen molar-refractivity contribution in [2.75, 3.05) is 5.32 Å². The lowest BCUT2D eigenvalue weighted by Crippen LogP contribution is -2.37. The van der Waals surface area contributed by atoms with E-state index in [-0.39, 0.29) is 5.91 Å². The number of aryl methyl sites for hydroxylation is 2. The van der Waals surface area contributed by atoms with Gasteiger partial charge in [-0.1, -0.05) is 18.2 Å². The zero-order valence-electron chi connectivity index (χ0n) is 16.8. The largest absolute Gasteiger partial charge is 0.348 e. The topological polar surface area (TPSA) is 102 Å². The fourth-order valence-electron chi connectivity index (χ4n) is 4.11. The van der Waals surface area contributed by atoms with Crippen LogP contribution in [0.5, 0.6) is 0 Å². The van der Waals surface area contributed by atoms with E-state index in [1.54, 1.807) is 12.5 Å². The molecule has 1 aromatic heterocycles. The molecule has 0 aliphatic carbocycles. The second-order valence-electron chi connectivity index (χ2n) is 7.62. The van der Waals surface area contributed by atoms with Crippen molar-refractivity contribution in [1.82, 2.24) is 19.5 Å². The van der Waals surface area contributed by atoms with Crippen LogP contribution in [0.1, 0.15) is 11.3 Å². The lowest BCUT2D eigenvalue weighted by molar-refractivity contribution is -0.117. The van der Waals surface area contributed by atoms with Crippen LogP contribution in [-0.4, -0.2) is 31.5 Å². The van der Waals surface area contributed by atoms with Crippen molar-refractivity contribution in [1.29, 1.82) is 0 Å². The van der Waals surface area contributed by atoms with Crippen LogP contribution in [-0.2, 0) is 18.3 Å². The first kappa shape index (κ1) is 18.3. The number of pyridine rings is 1. The smallest absolute Gasteiger partial charge is 0.241 e. The number of anilines is 1. The normalized spacial score (nSPS) is 12.6. The third kappa shape index (κ3) is 2.91. The van der Waals surface area contributed by atoms with Gasteiger partial charge in [0.1, 0.15) is 5.82 Å². The molecule has 0 unspecified atom stereocenters. The minimum Gasteiger partial charge on any atom is -0.348 e. The number of hydrogen-bond acceptors (Lipinski definition) is 4. The summed E-state index contributed by atoms with van der Waals surface area (Å²) in [6.45, 7) is 2.12. The Labute approximate surface area is 173 Å². The van der Waals surface area contributed by atoms with Crippen molar-refractivity contribution in [3.8, 4) is 11.4 Å². The van der Waals surface area contributed by atoms with Crippen molar-refractivity contribution in [2.45, 2.75) is 19.4 Å². The summed E-state index contributed by atoms with van der Waals surface area (Å²) < 4.78 is 2.12. The first-order valence-corrected chi connectivity index (χ1v) is 9.84. The van der Waals surface area contributed by atoms with Crippen LogP contribution >= 0.6 is 0 Å². The Balaban J connectivity index is 1.53. The van der Waals surface area contributed by atoms with Gasteiger partial charge < -0.3 is 20.6 Å². The number of para-hydroxylation sites is 1. The number of carbonyl (C=O) groups is 1. The summed E-state index contributed by atoms with van der Waals surface area (Å²) in [5, 5.41) is 5.15. The molecule has 0 saturated heterocycles. The maximum absolute atomic E-state index is 12.6. The number of nitrogens with zero attached hydrogens (tertiary/aromatic N) is 3. The molecule has 2 aliphatic heterocycles. The molecule has 1 amide bonds. The average molecular weight is 398 g/mol. The molecule has 150 valence electrons. The summed E-state index contributed by atoms with van der Waals surface area (Å²) in [5.74, 6) is 0.695. The Morgan fingerprint density at radius 1 is 1.23 bits per heavy atom. The van der Waals surface area contributed by atoms with E-state index in [2.05, 4.69) is 38.9 Å². The quantitative estimate of drug-likeness (QED) is 0.432. The fraction of sp³-hybridized carbons (Fsp3) is 0.174. The molecule has 1 atom stereocenters. The maximum atomic E-state index is 12.6. The van der Waals surface area contributed by atoms with Gasteiger partial charge >= 0.3 is 0 Å². The molecular weight excluding hydrogens is 376 g/mol. The number of fused-ring (bicyclic) bond motifs is 4. The second-order valence-corrected chi connectivity index (χ2v) is 7.62. The number of nitrogens with two attached hydrogens (primary N) is 1. The number of carbonyl (C=O) groups excluding carboxylic acids is 1.